The number of aromatic nitrogens is 2. The SMILES string of the molecule is CC1CC(C)CN(c2nc3ccccn3c(=O)c2C=C2SC(=S)N(Cc3ccco3)C2=O)C1. The highest BCUT2D eigenvalue weighted by atomic mass is 32.2. The number of pyridine rings is 1. The molecule has 2 atom stereocenters. The monoisotopic (exact) mass is 480 g/mol. The number of nitrogens with zero attached hydrogens (tertiary/aromatic N) is 4. The van der Waals surface area contributed by atoms with Crippen molar-refractivity contribution in [2.75, 3.05) is 18.0 Å². The molecule has 5 heterocycles. The molecular formula is C24H24N4O3S2. The third-order valence-electron chi connectivity index (χ3n) is 5.96. The maximum Gasteiger partial charge on any atom is 0.267 e. The fraction of sp³-hybridized carbons (Fsp3) is 0.333. The second kappa shape index (κ2) is 8.79. The van der Waals surface area contributed by atoms with Crippen molar-refractivity contribution in [3.63, 3.8) is 0 Å². The van der Waals surface area contributed by atoms with Crippen LogP contribution in [0, 0.1) is 11.8 Å². The molecule has 33 heavy (non-hydrogen) atoms. The number of fused-ring (bicyclic) bond motifs is 1. The van der Waals surface area contributed by atoms with Gasteiger partial charge in [0.05, 0.1) is 23.3 Å². The van der Waals surface area contributed by atoms with E-state index in [4.69, 9.17) is 21.6 Å². The molecule has 3 aromatic rings. The first-order valence-corrected chi connectivity index (χ1v) is 12.2. The molecule has 3 aromatic heterocycles. The summed E-state index contributed by atoms with van der Waals surface area (Å²) in [4.78, 5) is 35.7. The number of hydrogen-bond acceptors (Lipinski definition) is 7. The summed E-state index contributed by atoms with van der Waals surface area (Å²) < 4.78 is 7.35. The lowest BCUT2D eigenvalue weighted by molar-refractivity contribution is -0.122. The van der Waals surface area contributed by atoms with Crippen LogP contribution in [0.4, 0.5) is 5.82 Å². The third kappa shape index (κ3) is 4.22. The number of thiocarbonyl (C=S) groups is 1. The standard InChI is InChI=1S/C24H24N4O3S2/c1-15-10-16(2)13-26(12-15)21-18(22(29)27-8-4-3-7-20(27)25-21)11-19-23(30)28(24(32)33-19)14-17-6-5-9-31-17/h3-9,11,15-16H,10,12-14H2,1-2H3. The van der Waals surface area contributed by atoms with E-state index < -0.39 is 0 Å². The Balaban J connectivity index is 1.59. The van der Waals surface area contributed by atoms with Gasteiger partial charge < -0.3 is 9.32 Å². The lowest BCUT2D eigenvalue weighted by atomic mass is 9.91. The zero-order valence-electron chi connectivity index (χ0n) is 18.4. The van der Waals surface area contributed by atoms with Crippen molar-refractivity contribution in [3.05, 3.63) is 69.4 Å². The molecule has 0 saturated carbocycles. The number of hydrogen-bond donors (Lipinski definition) is 0. The van der Waals surface area contributed by atoms with Gasteiger partial charge in [-0.3, -0.25) is 18.9 Å². The van der Waals surface area contributed by atoms with Crippen molar-refractivity contribution < 1.29 is 9.21 Å². The maximum absolute atomic E-state index is 13.5. The highest BCUT2D eigenvalue weighted by molar-refractivity contribution is 8.26. The molecule has 5 rings (SSSR count). The van der Waals surface area contributed by atoms with Gasteiger partial charge in [-0.15, -0.1) is 0 Å². The Labute approximate surface area is 201 Å². The van der Waals surface area contributed by atoms with Crippen LogP contribution in [-0.2, 0) is 11.3 Å². The fourth-order valence-electron chi connectivity index (χ4n) is 4.62. The van der Waals surface area contributed by atoms with Crippen molar-refractivity contribution in [2.24, 2.45) is 11.8 Å². The van der Waals surface area contributed by atoms with Gasteiger partial charge in [-0.1, -0.05) is 43.9 Å². The van der Waals surface area contributed by atoms with Gasteiger partial charge in [0.2, 0.25) is 0 Å². The summed E-state index contributed by atoms with van der Waals surface area (Å²) in [6.07, 6.45) is 6.08. The summed E-state index contributed by atoms with van der Waals surface area (Å²) in [6.45, 7) is 6.34. The van der Waals surface area contributed by atoms with Gasteiger partial charge in [0.1, 0.15) is 21.5 Å². The first kappa shape index (κ1) is 21.9. The zero-order chi connectivity index (χ0) is 23.1. The quantitative estimate of drug-likeness (QED) is 0.410. The highest BCUT2D eigenvalue weighted by Crippen LogP contribution is 2.35. The van der Waals surface area contributed by atoms with Crippen LogP contribution in [0.1, 0.15) is 31.6 Å². The minimum absolute atomic E-state index is 0.196. The molecule has 0 spiro atoms. The van der Waals surface area contributed by atoms with Crippen LogP contribution in [-0.4, -0.2) is 37.6 Å². The predicted molar refractivity (Wildman–Crippen MR) is 134 cm³/mol. The second-order valence-corrected chi connectivity index (χ2v) is 10.5. The fourth-order valence-corrected chi connectivity index (χ4v) is 5.86. The average molecular weight is 481 g/mol. The van der Waals surface area contributed by atoms with E-state index in [9.17, 15) is 9.59 Å². The van der Waals surface area contributed by atoms with E-state index in [-0.39, 0.29) is 18.0 Å². The summed E-state index contributed by atoms with van der Waals surface area (Å²) in [5.74, 6) is 2.02. The molecular weight excluding hydrogens is 456 g/mol. The summed E-state index contributed by atoms with van der Waals surface area (Å²) in [6, 6.07) is 9.07. The average Bonchev–Trinajstić information content (AvgIpc) is 3.39. The Morgan fingerprint density at radius 2 is 1.97 bits per heavy atom. The zero-order valence-corrected chi connectivity index (χ0v) is 20.1. The van der Waals surface area contributed by atoms with Crippen LogP contribution in [0.15, 0.2) is 56.9 Å². The molecule has 7 nitrogen and oxygen atoms in total. The van der Waals surface area contributed by atoms with Gasteiger partial charge in [0, 0.05) is 19.3 Å². The molecule has 2 unspecified atom stereocenters. The third-order valence-corrected chi connectivity index (χ3v) is 7.34. The van der Waals surface area contributed by atoms with E-state index in [0.29, 0.717) is 43.9 Å². The number of carbonyl (C=O) groups excluding carboxylic acids is 1. The maximum atomic E-state index is 13.5. The van der Waals surface area contributed by atoms with E-state index in [0.717, 1.165) is 19.5 Å². The van der Waals surface area contributed by atoms with Crippen molar-refractivity contribution in [3.8, 4) is 0 Å². The normalized spacial score (nSPS) is 22.7. The lowest BCUT2D eigenvalue weighted by Gasteiger charge is -2.36. The molecule has 0 aromatic carbocycles. The minimum atomic E-state index is -0.231. The Morgan fingerprint density at radius 3 is 2.70 bits per heavy atom. The number of carbonyl (C=O) groups is 1. The highest BCUT2D eigenvalue weighted by Gasteiger charge is 2.34. The molecule has 2 aliphatic rings. The van der Waals surface area contributed by atoms with E-state index in [1.165, 1.54) is 21.1 Å². The Morgan fingerprint density at radius 1 is 1.18 bits per heavy atom. The molecule has 0 radical (unpaired) electrons. The van der Waals surface area contributed by atoms with E-state index >= 15 is 0 Å². The topological polar surface area (TPSA) is 71.1 Å². The molecule has 9 heteroatoms. The number of thioether (sulfide) groups is 1. The van der Waals surface area contributed by atoms with Gasteiger partial charge in [0.15, 0.2) is 0 Å². The largest absolute Gasteiger partial charge is 0.467 e. The van der Waals surface area contributed by atoms with Crippen LogP contribution in [0.25, 0.3) is 11.7 Å². The number of rotatable bonds is 4. The molecule has 2 aliphatic heterocycles. The number of piperidine rings is 1. The summed E-state index contributed by atoms with van der Waals surface area (Å²) in [7, 11) is 0. The summed E-state index contributed by atoms with van der Waals surface area (Å²) in [5.41, 5.74) is 0.808. The number of amides is 1. The van der Waals surface area contributed by atoms with E-state index in [1.807, 2.05) is 12.1 Å². The van der Waals surface area contributed by atoms with E-state index in [2.05, 4.69) is 18.7 Å². The van der Waals surface area contributed by atoms with Gasteiger partial charge in [-0.2, -0.15) is 0 Å². The van der Waals surface area contributed by atoms with Gasteiger partial charge in [-0.05, 0) is 48.6 Å². The van der Waals surface area contributed by atoms with Gasteiger partial charge in [0.25, 0.3) is 11.5 Å². The van der Waals surface area contributed by atoms with Crippen molar-refractivity contribution in [1.29, 1.82) is 0 Å². The second-order valence-electron chi connectivity index (χ2n) is 8.78. The first-order valence-electron chi connectivity index (χ1n) is 10.9. The van der Waals surface area contributed by atoms with Crippen molar-refractivity contribution >= 4 is 51.7 Å². The van der Waals surface area contributed by atoms with Gasteiger partial charge in [-0.25, -0.2) is 4.98 Å². The van der Waals surface area contributed by atoms with E-state index in [1.54, 1.807) is 36.7 Å². The molecule has 2 fully saturated rings. The molecule has 170 valence electrons. The van der Waals surface area contributed by atoms with Crippen molar-refractivity contribution in [2.45, 2.75) is 26.8 Å². The van der Waals surface area contributed by atoms with Crippen LogP contribution < -0.4 is 10.5 Å². The Kier molecular flexibility index (Phi) is 5.84. The molecule has 0 aliphatic carbocycles. The van der Waals surface area contributed by atoms with Crippen LogP contribution >= 0.6 is 24.0 Å². The number of furan rings is 1. The molecule has 1 amide bonds. The molecule has 2 saturated heterocycles. The Bertz CT molecular complexity index is 1300. The summed E-state index contributed by atoms with van der Waals surface area (Å²) in [5, 5.41) is 0. The predicted octanol–water partition coefficient (Wildman–Crippen LogP) is 4.17. The van der Waals surface area contributed by atoms with Crippen LogP contribution in [0.2, 0.25) is 0 Å². The van der Waals surface area contributed by atoms with Crippen molar-refractivity contribution in [1.82, 2.24) is 14.3 Å². The minimum Gasteiger partial charge on any atom is -0.467 e. The number of anilines is 1. The summed E-state index contributed by atoms with van der Waals surface area (Å²) >= 11 is 6.66. The molecule has 0 bridgehead atoms. The van der Waals surface area contributed by atoms with Crippen LogP contribution in [0.5, 0.6) is 0 Å². The smallest absolute Gasteiger partial charge is 0.267 e. The first-order chi connectivity index (χ1) is 15.9. The van der Waals surface area contributed by atoms with Gasteiger partial charge >= 0.3 is 0 Å². The lowest BCUT2D eigenvalue weighted by Crippen LogP contribution is -2.40. The Hall–Kier alpha value is -2.91. The van der Waals surface area contributed by atoms with Crippen LogP contribution in [0.3, 0.4) is 0 Å². The molecule has 0 N–H and O–H groups in total.